The molecular weight excluding hydrogens is 310 g/mol. The molecule has 0 fully saturated rings. The molecule has 0 aliphatic carbocycles. The van der Waals surface area contributed by atoms with Gasteiger partial charge in [0.05, 0.1) is 11.2 Å². The Balaban J connectivity index is 1.60. The fourth-order valence-electron chi connectivity index (χ4n) is 3.67. The van der Waals surface area contributed by atoms with Gasteiger partial charge in [-0.2, -0.15) is 0 Å². The van der Waals surface area contributed by atoms with E-state index in [-0.39, 0.29) is 5.56 Å². The molecule has 2 N–H and O–H groups in total. The van der Waals surface area contributed by atoms with Crippen LogP contribution in [-0.4, -0.2) is 23.5 Å². The third-order valence-corrected chi connectivity index (χ3v) is 4.83. The topological polar surface area (TPSA) is 48.1 Å². The highest BCUT2D eigenvalue weighted by molar-refractivity contribution is 5.93. The number of benzene rings is 2. The first-order valence-electron chi connectivity index (χ1n) is 8.85. The third kappa shape index (κ3) is 3.30. The molecule has 0 saturated heterocycles. The Hall–Kier alpha value is -2.59. The largest absolute Gasteiger partial charge is 0.384 e. The van der Waals surface area contributed by atoms with Crippen LogP contribution in [0.1, 0.15) is 23.1 Å². The number of aromatic amines is 1. The summed E-state index contributed by atoms with van der Waals surface area (Å²) in [5.74, 6) is 0. The van der Waals surface area contributed by atoms with Crippen LogP contribution in [0.15, 0.2) is 53.3 Å². The summed E-state index contributed by atoms with van der Waals surface area (Å²) in [6.45, 7) is 2.69. The minimum atomic E-state index is 0.0458. The van der Waals surface area contributed by atoms with Crippen molar-refractivity contribution < 1.29 is 0 Å². The molecular formula is C21H23N3O. The van der Waals surface area contributed by atoms with Crippen LogP contribution in [0, 0.1) is 0 Å². The predicted octanol–water partition coefficient (Wildman–Crippen LogP) is 3.52. The molecule has 3 aromatic rings. The number of hydrogen-bond donors (Lipinski definition) is 2. The minimum Gasteiger partial charge on any atom is -0.384 e. The minimum absolute atomic E-state index is 0.0458. The molecule has 2 heterocycles. The first-order valence-corrected chi connectivity index (χ1v) is 8.85. The van der Waals surface area contributed by atoms with E-state index in [2.05, 4.69) is 64.7 Å². The van der Waals surface area contributed by atoms with Crippen LogP contribution < -0.4 is 10.9 Å². The van der Waals surface area contributed by atoms with E-state index < -0.39 is 0 Å². The van der Waals surface area contributed by atoms with E-state index in [0.29, 0.717) is 0 Å². The Bertz CT molecular complexity index is 947. The molecule has 0 atom stereocenters. The maximum atomic E-state index is 12.3. The maximum Gasteiger partial charge on any atom is 0.253 e. The number of nitrogens with one attached hydrogen (secondary N) is 2. The second-order valence-corrected chi connectivity index (χ2v) is 6.88. The molecule has 0 unspecified atom stereocenters. The van der Waals surface area contributed by atoms with Crippen molar-refractivity contribution in [1.82, 2.24) is 9.88 Å². The van der Waals surface area contributed by atoms with Gasteiger partial charge in [0.25, 0.3) is 5.56 Å². The quantitative estimate of drug-likeness (QED) is 0.768. The van der Waals surface area contributed by atoms with Crippen LogP contribution >= 0.6 is 0 Å². The van der Waals surface area contributed by atoms with Crippen LogP contribution in [0.4, 0.5) is 5.69 Å². The lowest BCUT2D eigenvalue weighted by molar-refractivity contribution is 0.319. The molecule has 4 heteroatoms. The lowest BCUT2D eigenvalue weighted by Gasteiger charge is -2.20. The van der Waals surface area contributed by atoms with Gasteiger partial charge in [-0.25, -0.2) is 0 Å². The van der Waals surface area contributed by atoms with Crippen molar-refractivity contribution in [1.29, 1.82) is 0 Å². The lowest BCUT2D eigenvalue weighted by atomic mass is 10.0. The summed E-state index contributed by atoms with van der Waals surface area (Å²) < 4.78 is 0. The van der Waals surface area contributed by atoms with Crippen molar-refractivity contribution in [3.05, 3.63) is 75.6 Å². The van der Waals surface area contributed by atoms with Gasteiger partial charge in [0.15, 0.2) is 0 Å². The van der Waals surface area contributed by atoms with Gasteiger partial charge in [0, 0.05) is 30.6 Å². The van der Waals surface area contributed by atoms with Crippen LogP contribution in [0.25, 0.3) is 10.9 Å². The molecule has 1 aromatic heterocycles. The van der Waals surface area contributed by atoms with Gasteiger partial charge in [-0.1, -0.05) is 42.5 Å². The van der Waals surface area contributed by atoms with Crippen LogP contribution in [0.2, 0.25) is 0 Å². The molecule has 4 nitrogen and oxygen atoms in total. The van der Waals surface area contributed by atoms with Crippen LogP contribution in [0.5, 0.6) is 0 Å². The van der Waals surface area contributed by atoms with Gasteiger partial charge in [0.1, 0.15) is 0 Å². The number of anilines is 1. The molecule has 4 rings (SSSR count). The molecule has 0 saturated carbocycles. The van der Waals surface area contributed by atoms with Crippen LogP contribution in [0.3, 0.4) is 0 Å². The number of pyridine rings is 1. The van der Waals surface area contributed by atoms with E-state index in [9.17, 15) is 4.79 Å². The second-order valence-electron chi connectivity index (χ2n) is 6.88. The molecule has 25 heavy (non-hydrogen) atoms. The SMILES string of the molecule is CN(Cc1ccccc1)Cc1ccc2c3c(c(=O)[nH]c2c1)CCCN3. The number of aromatic nitrogens is 1. The first-order chi connectivity index (χ1) is 12.2. The third-order valence-electron chi connectivity index (χ3n) is 4.83. The number of fused-ring (bicyclic) bond motifs is 3. The molecule has 1 aliphatic heterocycles. The molecule has 0 bridgehead atoms. The zero-order valence-corrected chi connectivity index (χ0v) is 14.5. The van der Waals surface area contributed by atoms with Crippen molar-refractivity contribution in [2.75, 3.05) is 18.9 Å². The van der Waals surface area contributed by atoms with E-state index in [1.165, 1.54) is 11.1 Å². The Morgan fingerprint density at radius 2 is 1.84 bits per heavy atom. The first kappa shape index (κ1) is 15.9. The fourth-order valence-corrected chi connectivity index (χ4v) is 3.67. The van der Waals surface area contributed by atoms with Gasteiger partial charge >= 0.3 is 0 Å². The standard InChI is InChI=1S/C21H23N3O/c1-24(13-15-6-3-2-4-7-15)14-16-9-10-17-19(12-16)23-21(25)18-8-5-11-22-20(17)18/h2-4,6-7,9-10,12,22H,5,8,11,13-14H2,1H3,(H,23,25). The zero-order valence-electron chi connectivity index (χ0n) is 14.5. The van der Waals surface area contributed by atoms with Crippen molar-refractivity contribution in [2.24, 2.45) is 0 Å². The number of nitrogens with zero attached hydrogens (tertiary/aromatic N) is 1. The summed E-state index contributed by atoms with van der Waals surface area (Å²) in [4.78, 5) is 17.7. The Labute approximate surface area is 147 Å². The number of hydrogen-bond acceptors (Lipinski definition) is 3. The van der Waals surface area contributed by atoms with Gasteiger partial charge in [0.2, 0.25) is 0 Å². The summed E-state index contributed by atoms with van der Waals surface area (Å²) in [5.41, 5.74) is 5.39. The molecule has 0 spiro atoms. The summed E-state index contributed by atoms with van der Waals surface area (Å²) >= 11 is 0. The Kier molecular flexibility index (Phi) is 4.28. The fraction of sp³-hybridized carbons (Fsp3) is 0.286. The normalized spacial score (nSPS) is 13.7. The highest BCUT2D eigenvalue weighted by atomic mass is 16.1. The van der Waals surface area contributed by atoms with Crippen molar-refractivity contribution in [3.8, 4) is 0 Å². The smallest absolute Gasteiger partial charge is 0.253 e. The maximum absolute atomic E-state index is 12.3. The highest BCUT2D eigenvalue weighted by Gasteiger charge is 2.16. The average molecular weight is 333 g/mol. The number of rotatable bonds is 4. The Morgan fingerprint density at radius 3 is 2.68 bits per heavy atom. The molecule has 0 radical (unpaired) electrons. The van der Waals surface area contributed by atoms with E-state index in [1.807, 2.05) is 6.07 Å². The van der Waals surface area contributed by atoms with E-state index in [4.69, 9.17) is 0 Å². The summed E-state index contributed by atoms with van der Waals surface area (Å²) in [6.07, 6.45) is 1.87. The lowest BCUT2D eigenvalue weighted by Crippen LogP contribution is -2.22. The molecule has 0 amide bonds. The predicted molar refractivity (Wildman–Crippen MR) is 103 cm³/mol. The van der Waals surface area contributed by atoms with Crippen molar-refractivity contribution in [2.45, 2.75) is 25.9 Å². The number of H-pyrrole nitrogens is 1. The summed E-state index contributed by atoms with van der Waals surface area (Å²) in [6, 6.07) is 16.9. The van der Waals surface area contributed by atoms with Crippen molar-refractivity contribution >= 4 is 16.6 Å². The molecule has 2 aromatic carbocycles. The Morgan fingerprint density at radius 1 is 1.04 bits per heavy atom. The van der Waals surface area contributed by atoms with Crippen molar-refractivity contribution in [3.63, 3.8) is 0 Å². The van der Waals surface area contributed by atoms with Crippen LogP contribution in [-0.2, 0) is 19.5 Å². The molecule has 128 valence electrons. The highest BCUT2D eigenvalue weighted by Crippen LogP contribution is 2.28. The average Bonchev–Trinajstić information content (AvgIpc) is 2.62. The molecule has 1 aliphatic rings. The van der Waals surface area contributed by atoms with Gasteiger partial charge in [-0.15, -0.1) is 0 Å². The summed E-state index contributed by atoms with van der Waals surface area (Å²) in [5, 5.41) is 4.52. The van der Waals surface area contributed by atoms with Gasteiger partial charge in [-0.05, 0) is 37.1 Å². The van der Waals surface area contributed by atoms with E-state index in [1.54, 1.807) is 0 Å². The zero-order chi connectivity index (χ0) is 17.2. The monoisotopic (exact) mass is 333 g/mol. The summed E-state index contributed by atoms with van der Waals surface area (Å²) in [7, 11) is 2.12. The van der Waals surface area contributed by atoms with Gasteiger partial charge < -0.3 is 10.3 Å². The van der Waals surface area contributed by atoms with Gasteiger partial charge in [-0.3, -0.25) is 9.69 Å². The second kappa shape index (κ2) is 6.73. The van der Waals surface area contributed by atoms with E-state index >= 15 is 0 Å². The van der Waals surface area contributed by atoms with E-state index in [0.717, 1.165) is 54.6 Å².